The third-order valence-electron chi connectivity index (χ3n) is 9.46. The van der Waals surface area contributed by atoms with Crippen molar-refractivity contribution in [2.75, 3.05) is 0 Å². The summed E-state index contributed by atoms with van der Waals surface area (Å²) in [6.45, 7) is 0. The van der Waals surface area contributed by atoms with Gasteiger partial charge in [0.05, 0.1) is 11.0 Å². The van der Waals surface area contributed by atoms with Crippen molar-refractivity contribution in [3.05, 3.63) is 170 Å². The summed E-state index contributed by atoms with van der Waals surface area (Å²) in [6, 6.07) is 58.5. The SMILES string of the molecule is c1ccc(-c2nc(-c3ccccc3)nc(-c3cccc4oc5cccc(-c6cccc7c6c6ccccc6n7-c6ccccc6)c5c34)n2)cc1. The summed E-state index contributed by atoms with van der Waals surface area (Å²) in [5.74, 6) is 1.84. The molecule has 5 heteroatoms. The highest BCUT2D eigenvalue weighted by molar-refractivity contribution is 6.22. The van der Waals surface area contributed by atoms with Crippen LogP contribution in [0.3, 0.4) is 0 Å². The molecule has 10 aromatic rings. The van der Waals surface area contributed by atoms with Gasteiger partial charge in [-0.2, -0.15) is 0 Å². The third kappa shape index (κ3) is 4.45. The van der Waals surface area contributed by atoms with Crippen LogP contribution in [0.1, 0.15) is 0 Å². The molecule has 0 amide bonds. The highest BCUT2D eigenvalue weighted by Gasteiger charge is 2.22. The second kappa shape index (κ2) is 11.4. The highest BCUT2D eigenvalue weighted by Crippen LogP contribution is 2.45. The first-order valence-electron chi connectivity index (χ1n) is 16.7. The van der Waals surface area contributed by atoms with Gasteiger partial charge >= 0.3 is 0 Å². The smallest absolute Gasteiger partial charge is 0.164 e. The van der Waals surface area contributed by atoms with E-state index in [9.17, 15) is 0 Å². The van der Waals surface area contributed by atoms with Crippen LogP contribution in [0, 0.1) is 0 Å². The number of para-hydroxylation sites is 2. The summed E-state index contributed by atoms with van der Waals surface area (Å²) in [7, 11) is 0. The van der Waals surface area contributed by atoms with Crippen LogP contribution in [0.2, 0.25) is 0 Å². The molecule has 0 saturated heterocycles. The normalized spacial score (nSPS) is 11.6. The Morgan fingerprint density at radius 3 is 1.50 bits per heavy atom. The second-order valence-electron chi connectivity index (χ2n) is 12.4. The Balaban J connectivity index is 1.27. The lowest BCUT2D eigenvalue weighted by Crippen LogP contribution is -2.00. The van der Waals surface area contributed by atoms with Crippen molar-refractivity contribution >= 4 is 43.7 Å². The molecule has 0 atom stereocenters. The van der Waals surface area contributed by atoms with Crippen molar-refractivity contribution in [2.45, 2.75) is 0 Å². The minimum absolute atomic E-state index is 0.597. The first-order valence-corrected chi connectivity index (χ1v) is 16.7. The quantitative estimate of drug-likeness (QED) is 0.188. The maximum Gasteiger partial charge on any atom is 0.164 e. The molecule has 0 spiro atoms. The predicted octanol–water partition coefficient (Wildman–Crippen LogP) is 11.5. The molecule has 3 heterocycles. The fourth-order valence-corrected chi connectivity index (χ4v) is 7.31. The summed E-state index contributed by atoms with van der Waals surface area (Å²) in [4.78, 5) is 15.1. The zero-order valence-corrected chi connectivity index (χ0v) is 26.9. The molecule has 0 aliphatic carbocycles. The Morgan fingerprint density at radius 1 is 0.360 bits per heavy atom. The fourth-order valence-electron chi connectivity index (χ4n) is 7.31. The van der Waals surface area contributed by atoms with E-state index < -0.39 is 0 Å². The molecule has 0 N–H and O–H groups in total. The van der Waals surface area contributed by atoms with Crippen LogP contribution in [0.15, 0.2) is 174 Å². The number of nitrogens with zero attached hydrogens (tertiary/aromatic N) is 4. The summed E-state index contributed by atoms with van der Waals surface area (Å²) < 4.78 is 8.96. The molecule has 5 nitrogen and oxygen atoms in total. The van der Waals surface area contributed by atoms with E-state index >= 15 is 0 Å². The Bertz CT molecular complexity index is 2800. The molecule has 234 valence electrons. The minimum atomic E-state index is 0.597. The molecular formula is C45H28N4O. The van der Waals surface area contributed by atoms with Crippen molar-refractivity contribution < 1.29 is 4.42 Å². The van der Waals surface area contributed by atoms with Crippen molar-refractivity contribution in [3.63, 3.8) is 0 Å². The topological polar surface area (TPSA) is 56.7 Å². The molecular weight excluding hydrogens is 613 g/mol. The van der Waals surface area contributed by atoms with E-state index in [-0.39, 0.29) is 0 Å². The first kappa shape index (κ1) is 28.2. The lowest BCUT2D eigenvalue weighted by atomic mass is 9.94. The van der Waals surface area contributed by atoms with Crippen LogP contribution in [0.5, 0.6) is 0 Å². The van der Waals surface area contributed by atoms with Gasteiger partial charge in [-0.05, 0) is 47.5 Å². The average molecular weight is 641 g/mol. The van der Waals surface area contributed by atoms with Crippen molar-refractivity contribution in [1.82, 2.24) is 19.5 Å². The minimum Gasteiger partial charge on any atom is -0.456 e. The van der Waals surface area contributed by atoms with Crippen LogP contribution >= 0.6 is 0 Å². The first-order chi connectivity index (χ1) is 24.8. The van der Waals surface area contributed by atoms with E-state index in [1.165, 1.54) is 10.8 Å². The summed E-state index contributed by atoms with van der Waals surface area (Å²) in [5.41, 5.74) is 10.0. The number of rotatable bonds is 5. The molecule has 10 rings (SSSR count). The van der Waals surface area contributed by atoms with Gasteiger partial charge in [-0.1, -0.05) is 133 Å². The van der Waals surface area contributed by atoms with Gasteiger partial charge in [0.1, 0.15) is 11.2 Å². The number of hydrogen-bond donors (Lipinski definition) is 0. The maximum atomic E-state index is 6.60. The van der Waals surface area contributed by atoms with Gasteiger partial charge in [0.25, 0.3) is 0 Å². The van der Waals surface area contributed by atoms with Crippen LogP contribution in [0.25, 0.3) is 94.7 Å². The van der Waals surface area contributed by atoms with Gasteiger partial charge in [-0.15, -0.1) is 0 Å². The third-order valence-corrected chi connectivity index (χ3v) is 9.46. The van der Waals surface area contributed by atoms with E-state index in [0.717, 1.165) is 66.5 Å². The zero-order valence-electron chi connectivity index (χ0n) is 26.9. The van der Waals surface area contributed by atoms with Gasteiger partial charge in [0.15, 0.2) is 17.5 Å². The van der Waals surface area contributed by atoms with Gasteiger partial charge < -0.3 is 8.98 Å². The van der Waals surface area contributed by atoms with Crippen LogP contribution in [0.4, 0.5) is 0 Å². The second-order valence-corrected chi connectivity index (χ2v) is 12.4. The molecule has 0 aliphatic heterocycles. The number of benzene rings is 7. The number of fused-ring (bicyclic) bond motifs is 6. The Hall–Kier alpha value is -6.85. The van der Waals surface area contributed by atoms with Crippen LogP contribution < -0.4 is 0 Å². The summed E-state index contributed by atoms with van der Waals surface area (Å²) >= 11 is 0. The molecule has 0 bridgehead atoms. The number of hydrogen-bond acceptors (Lipinski definition) is 4. The molecule has 7 aromatic carbocycles. The van der Waals surface area contributed by atoms with Gasteiger partial charge in [0.2, 0.25) is 0 Å². The summed E-state index contributed by atoms with van der Waals surface area (Å²) in [6.07, 6.45) is 0. The van der Waals surface area contributed by atoms with E-state index in [1.807, 2.05) is 78.9 Å². The molecule has 0 radical (unpaired) electrons. The van der Waals surface area contributed by atoms with E-state index in [0.29, 0.717) is 17.5 Å². The van der Waals surface area contributed by atoms with Gasteiger partial charge in [-0.25, -0.2) is 15.0 Å². The number of aromatic nitrogens is 4. The largest absolute Gasteiger partial charge is 0.456 e. The van der Waals surface area contributed by atoms with E-state index in [1.54, 1.807) is 0 Å². The Labute approximate surface area is 287 Å². The predicted molar refractivity (Wildman–Crippen MR) is 203 cm³/mol. The lowest BCUT2D eigenvalue weighted by molar-refractivity contribution is 0.669. The number of furan rings is 1. The monoisotopic (exact) mass is 640 g/mol. The Morgan fingerprint density at radius 2 is 0.840 bits per heavy atom. The molecule has 50 heavy (non-hydrogen) atoms. The van der Waals surface area contributed by atoms with E-state index in [4.69, 9.17) is 19.4 Å². The van der Waals surface area contributed by atoms with Crippen LogP contribution in [-0.4, -0.2) is 19.5 Å². The fraction of sp³-hybridized carbons (Fsp3) is 0. The summed E-state index contributed by atoms with van der Waals surface area (Å²) in [5, 5.41) is 4.41. The highest BCUT2D eigenvalue weighted by atomic mass is 16.3. The molecule has 0 unspecified atom stereocenters. The lowest BCUT2D eigenvalue weighted by Gasteiger charge is -2.11. The zero-order chi connectivity index (χ0) is 33.0. The molecule has 0 saturated carbocycles. The molecule has 3 aromatic heterocycles. The van der Waals surface area contributed by atoms with E-state index in [2.05, 4.69) is 95.6 Å². The van der Waals surface area contributed by atoms with Crippen molar-refractivity contribution in [1.29, 1.82) is 0 Å². The van der Waals surface area contributed by atoms with Crippen molar-refractivity contribution in [3.8, 4) is 51.0 Å². The standard InChI is InChI=1S/C45H28N4O/c1-4-15-29(16-5-1)43-46-44(30-17-6-2-7-18-30)48-45(47-43)35-24-14-28-39-42(35)41-33(23-13-27-38(41)50-39)32-22-12-26-37-40(32)34-21-10-11-25-36(34)49(37)31-19-8-3-9-20-31/h1-28H. The Kier molecular flexibility index (Phi) is 6.42. The average Bonchev–Trinajstić information content (AvgIpc) is 3.75. The molecule has 0 aliphatic rings. The maximum absolute atomic E-state index is 6.60. The van der Waals surface area contributed by atoms with Crippen molar-refractivity contribution in [2.24, 2.45) is 0 Å². The van der Waals surface area contributed by atoms with Gasteiger partial charge in [-0.3, -0.25) is 0 Å². The molecule has 0 fully saturated rings. The van der Waals surface area contributed by atoms with Crippen LogP contribution in [-0.2, 0) is 0 Å². The van der Waals surface area contributed by atoms with Gasteiger partial charge in [0, 0.05) is 43.9 Å².